The highest BCUT2D eigenvalue weighted by atomic mass is 16.5. The molecule has 1 aliphatic rings. The number of H-pyrrole nitrogens is 1. The van der Waals surface area contributed by atoms with Gasteiger partial charge in [-0.2, -0.15) is 0 Å². The second-order valence-electron chi connectivity index (χ2n) is 10.6. The number of fused-ring (bicyclic) bond motifs is 4. The molecule has 0 atom stereocenters. The Hall–Kier alpha value is -4.50. The van der Waals surface area contributed by atoms with Crippen molar-refractivity contribution in [3.05, 3.63) is 59.7 Å². The van der Waals surface area contributed by atoms with Gasteiger partial charge in [0.25, 0.3) is 0 Å². The monoisotopic (exact) mass is 533 g/mol. The minimum absolute atomic E-state index is 0.703. The highest BCUT2D eigenvalue weighted by Crippen LogP contribution is 2.42. The van der Waals surface area contributed by atoms with Crippen LogP contribution in [-0.4, -0.2) is 70.3 Å². The van der Waals surface area contributed by atoms with E-state index < -0.39 is 0 Å². The van der Waals surface area contributed by atoms with Crippen molar-refractivity contribution in [2.75, 3.05) is 45.2 Å². The summed E-state index contributed by atoms with van der Waals surface area (Å²) in [5.74, 6) is 3.17. The van der Waals surface area contributed by atoms with Crippen LogP contribution in [0.4, 0.5) is 5.82 Å². The lowest BCUT2D eigenvalue weighted by molar-refractivity contribution is 0.312. The first-order valence-corrected chi connectivity index (χ1v) is 13.6. The maximum atomic E-state index is 5.91. The lowest BCUT2D eigenvalue weighted by atomic mass is 9.98. The molecule has 4 aromatic heterocycles. The molecule has 0 radical (unpaired) electrons. The molecular weight excluding hydrogens is 502 g/mol. The van der Waals surface area contributed by atoms with Gasteiger partial charge in [0, 0.05) is 53.6 Å². The van der Waals surface area contributed by atoms with Gasteiger partial charge >= 0.3 is 0 Å². The first kappa shape index (κ1) is 24.5. The quantitative estimate of drug-likeness (QED) is 0.310. The number of rotatable bonds is 4. The summed E-state index contributed by atoms with van der Waals surface area (Å²) in [7, 11) is 3.86. The van der Waals surface area contributed by atoms with E-state index in [-0.39, 0.29) is 0 Å². The van der Waals surface area contributed by atoms with E-state index >= 15 is 0 Å². The van der Waals surface area contributed by atoms with Gasteiger partial charge < -0.3 is 24.0 Å². The smallest absolute Gasteiger partial charge is 0.142 e. The highest BCUT2D eigenvalue weighted by molar-refractivity contribution is 6.15. The molecule has 1 aliphatic heterocycles. The van der Waals surface area contributed by atoms with Crippen LogP contribution < -0.4 is 9.64 Å². The number of aryl methyl sites for hydroxylation is 3. The fraction of sp³-hybridized carbons (Fsp3) is 0.290. The number of para-hydroxylation sites is 1. The molecule has 1 N–H and O–H groups in total. The van der Waals surface area contributed by atoms with E-state index in [2.05, 4.69) is 63.4 Å². The summed E-state index contributed by atoms with van der Waals surface area (Å²) < 4.78 is 11.4. The average molecular weight is 534 g/mol. The Morgan fingerprint density at radius 1 is 0.900 bits per heavy atom. The summed E-state index contributed by atoms with van der Waals surface area (Å²) in [4.78, 5) is 23.2. The van der Waals surface area contributed by atoms with Gasteiger partial charge in [-0.3, -0.25) is 0 Å². The minimum Gasteiger partial charge on any atom is -0.496 e. The van der Waals surface area contributed by atoms with Crippen LogP contribution in [-0.2, 0) is 0 Å². The van der Waals surface area contributed by atoms with Crippen molar-refractivity contribution in [2.45, 2.75) is 20.8 Å². The zero-order chi connectivity index (χ0) is 27.5. The predicted octanol–water partition coefficient (Wildman–Crippen LogP) is 5.67. The molecule has 5 heterocycles. The number of hydrogen-bond donors (Lipinski definition) is 1. The van der Waals surface area contributed by atoms with Gasteiger partial charge in [-0.25, -0.2) is 15.0 Å². The summed E-state index contributed by atoms with van der Waals surface area (Å²) in [5, 5.41) is 7.19. The van der Waals surface area contributed by atoms with Crippen molar-refractivity contribution in [2.24, 2.45) is 0 Å². The summed E-state index contributed by atoms with van der Waals surface area (Å²) >= 11 is 0. The van der Waals surface area contributed by atoms with Crippen molar-refractivity contribution < 1.29 is 9.26 Å². The summed E-state index contributed by atoms with van der Waals surface area (Å²) in [6, 6.07) is 14.7. The Morgan fingerprint density at radius 2 is 1.70 bits per heavy atom. The van der Waals surface area contributed by atoms with E-state index in [0.29, 0.717) is 5.82 Å². The van der Waals surface area contributed by atoms with Gasteiger partial charge in [0.15, 0.2) is 0 Å². The third-order valence-corrected chi connectivity index (χ3v) is 7.97. The molecule has 0 spiro atoms. The second kappa shape index (κ2) is 9.31. The number of nitrogens with zero attached hydrogens (tertiary/aromatic N) is 6. The molecule has 0 bridgehead atoms. The van der Waals surface area contributed by atoms with Gasteiger partial charge in [-0.15, -0.1) is 0 Å². The zero-order valence-corrected chi connectivity index (χ0v) is 23.4. The van der Waals surface area contributed by atoms with Crippen LogP contribution in [0.3, 0.4) is 0 Å². The van der Waals surface area contributed by atoms with Crippen molar-refractivity contribution in [1.82, 2.24) is 30.0 Å². The molecule has 2 aromatic carbocycles. The van der Waals surface area contributed by atoms with Crippen molar-refractivity contribution in [1.29, 1.82) is 0 Å². The summed E-state index contributed by atoms with van der Waals surface area (Å²) in [6.07, 6.45) is 0. The molecule has 6 aromatic rings. The van der Waals surface area contributed by atoms with Gasteiger partial charge in [0.05, 0.1) is 35.0 Å². The van der Waals surface area contributed by atoms with Gasteiger partial charge in [-0.1, -0.05) is 23.4 Å². The van der Waals surface area contributed by atoms with E-state index in [1.54, 1.807) is 7.11 Å². The van der Waals surface area contributed by atoms with E-state index in [1.807, 2.05) is 26.8 Å². The molecule has 202 valence electrons. The van der Waals surface area contributed by atoms with Crippen LogP contribution in [0, 0.1) is 20.8 Å². The van der Waals surface area contributed by atoms with Crippen LogP contribution >= 0.6 is 0 Å². The predicted molar refractivity (Wildman–Crippen MR) is 158 cm³/mol. The fourth-order valence-corrected chi connectivity index (χ4v) is 5.92. The Bertz CT molecular complexity index is 1900. The number of pyridine rings is 1. The lowest BCUT2D eigenvalue weighted by Crippen LogP contribution is -2.44. The van der Waals surface area contributed by atoms with Gasteiger partial charge in [-0.05, 0) is 52.1 Å². The number of anilines is 1. The topological polar surface area (TPSA) is 96.2 Å². The first-order chi connectivity index (χ1) is 19.4. The largest absolute Gasteiger partial charge is 0.496 e. The number of methoxy groups -OCH3 is 1. The Balaban J connectivity index is 1.50. The number of piperazine rings is 1. The second-order valence-corrected chi connectivity index (χ2v) is 10.6. The van der Waals surface area contributed by atoms with Crippen LogP contribution in [0.5, 0.6) is 5.75 Å². The lowest BCUT2D eigenvalue weighted by Gasteiger charge is -2.33. The van der Waals surface area contributed by atoms with Crippen molar-refractivity contribution in [3.63, 3.8) is 0 Å². The van der Waals surface area contributed by atoms with Crippen molar-refractivity contribution in [3.8, 4) is 28.1 Å². The van der Waals surface area contributed by atoms with Gasteiger partial charge in [0.2, 0.25) is 0 Å². The van der Waals surface area contributed by atoms with E-state index in [0.717, 1.165) is 104 Å². The van der Waals surface area contributed by atoms with E-state index in [1.165, 1.54) is 0 Å². The molecule has 0 unspecified atom stereocenters. The molecule has 0 aliphatic carbocycles. The minimum atomic E-state index is 0.703. The zero-order valence-electron chi connectivity index (χ0n) is 23.4. The Kier molecular flexibility index (Phi) is 5.71. The van der Waals surface area contributed by atoms with Crippen LogP contribution in [0.15, 0.2) is 47.0 Å². The van der Waals surface area contributed by atoms with Crippen LogP contribution in [0.2, 0.25) is 0 Å². The molecule has 0 amide bonds. The first-order valence-electron chi connectivity index (χ1n) is 13.6. The third kappa shape index (κ3) is 3.88. The molecule has 9 heteroatoms. The fourth-order valence-electron chi connectivity index (χ4n) is 5.92. The number of ether oxygens (including phenoxy) is 1. The third-order valence-electron chi connectivity index (χ3n) is 7.97. The molecule has 7 rings (SSSR count). The molecule has 40 heavy (non-hydrogen) atoms. The highest BCUT2D eigenvalue weighted by Gasteiger charge is 2.23. The standard InChI is InChI=1S/C31H31N7O2/c1-17-28(18(2)40-36-17)23-14-25-22(15-26(23)39-5)29-30(32-19(3)33-31(29)35-25)21-16-27(38-12-10-37(4)11-13-38)34-24-9-7-6-8-20(21)24/h6-9,14-16H,10-13H2,1-5H3,(H,32,33,35). The molecule has 1 fully saturated rings. The van der Waals surface area contributed by atoms with E-state index in [9.17, 15) is 0 Å². The van der Waals surface area contributed by atoms with Crippen LogP contribution in [0.1, 0.15) is 17.3 Å². The maximum Gasteiger partial charge on any atom is 0.142 e. The van der Waals surface area contributed by atoms with Gasteiger partial charge in [0.1, 0.15) is 28.8 Å². The average Bonchev–Trinajstić information content (AvgIpc) is 3.49. The summed E-state index contributed by atoms with van der Waals surface area (Å²) in [6.45, 7) is 9.70. The molecule has 9 nitrogen and oxygen atoms in total. The number of aromatic nitrogens is 5. The maximum absolute atomic E-state index is 5.91. The number of hydrogen-bond acceptors (Lipinski definition) is 8. The number of benzene rings is 2. The Labute approximate surface area is 231 Å². The number of nitrogens with one attached hydrogen (secondary N) is 1. The number of likely N-dealkylation sites (N-methyl/N-ethyl adjacent to an activating group) is 1. The molecule has 1 saturated heterocycles. The molecule has 0 saturated carbocycles. The number of aromatic amines is 1. The summed E-state index contributed by atoms with van der Waals surface area (Å²) in [5.41, 5.74) is 7.31. The SMILES string of the molecule is COc1cc2c(cc1-c1c(C)noc1C)[nH]c1nc(C)nc(-c3cc(N4CCN(C)CC4)nc4ccccc34)c12. The normalized spacial score (nSPS) is 14.6. The van der Waals surface area contributed by atoms with E-state index in [4.69, 9.17) is 24.2 Å². The van der Waals surface area contributed by atoms with Crippen molar-refractivity contribution >= 4 is 38.7 Å². The Morgan fingerprint density at radius 3 is 2.45 bits per heavy atom. The molecular formula is C31H31N7O2. The van der Waals surface area contributed by atoms with Crippen LogP contribution in [0.25, 0.3) is 55.2 Å².